The Morgan fingerprint density at radius 2 is 2.36 bits per heavy atom. The topological polar surface area (TPSA) is 17.8 Å². The van der Waals surface area contributed by atoms with Crippen molar-refractivity contribution < 1.29 is 0 Å². The van der Waals surface area contributed by atoms with Crippen LogP contribution in [-0.4, -0.2) is 13.2 Å². The monoisotopic (exact) mass is 262 g/mol. The first-order valence-corrected chi connectivity index (χ1v) is 4.85. The molecule has 2 rings (SSSR count). The Morgan fingerprint density at radius 3 is 3.00 bits per heavy atom. The number of rotatable bonds is 0. The first-order chi connectivity index (χ1) is 5.07. The van der Waals surface area contributed by atoms with Crippen LogP contribution in [0.2, 0.25) is 0 Å². The van der Waals surface area contributed by atoms with Crippen LogP contribution in [0, 0.1) is 0 Å². The zero-order valence-electron chi connectivity index (χ0n) is 6.76. The summed E-state index contributed by atoms with van der Waals surface area (Å²) in [7, 11) is 1.99. The third kappa shape index (κ3) is 1.30. The van der Waals surface area contributed by atoms with Gasteiger partial charge in [0, 0.05) is 23.1 Å². The predicted octanol–water partition coefficient (Wildman–Crippen LogP) is 1.71. The van der Waals surface area contributed by atoms with Crippen LogP contribution in [-0.2, 0) is 19.9 Å². The van der Waals surface area contributed by atoms with Crippen molar-refractivity contribution in [2.24, 2.45) is 7.05 Å². The second kappa shape index (κ2) is 2.21. The third-order valence-corrected chi connectivity index (χ3v) is 2.85. The van der Waals surface area contributed by atoms with Gasteiger partial charge in [0.05, 0.1) is 5.69 Å². The van der Waals surface area contributed by atoms with Crippen LogP contribution in [0.5, 0.6) is 0 Å². The molecule has 1 atom stereocenters. The average Bonchev–Trinajstić information content (AvgIpc) is 2.17. The molecule has 0 aliphatic heterocycles. The highest BCUT2D eigenvalue weighted by Crippen LogP contribution is 2.35. The molecule has 1 heterocycles. The van der Waals surface area contributed by atoms with Crippen LogP contribution in [0.4, 0.5) is 0 Å². The van der Waals surface area contributed by atoms with E-state index in [1.807, 2.05) is 11.7 Å². The summed E-state index contributed by atoms with van der Waals surface area (Å²) < 4.78 is 2.33. The van der Waals surface area contributed by atoms with Gasteiger partial charge in [-0.1, -0.05) is 22.6 Å². The second-order valence-corrected chi connectivity index (χ2v) is 6.15. The maximum absolute atomic E-state index is 4.40. The highest BCUT2D eigenvalue weighted by atomic mass is 127. The quantitative estimate of drug-likeness (QED) is 0.514. The van der Waals surface area contributed by atoms with E-state index in [9.17, 15) is 0 Å². The van der Waals surface area contributed by atoms with Gasteiger partial charge in [0.25, 0.3) is 0 Å². The molecule has 1 aliphatic carbocycles. The van der Waals surface area contributed by atoms with Crippen LogP contribution >= 0.6 is 22.6 Å². The summed E-state index contributed by atoms with van der Waals surface area (Å²) >= 11 is 2.52. The minimum Gasteiger partial charge on any atom is -0.275 e. The Balaban J connectivity index is 2.37. The van der Waals surface area contributed by atoms with Crippen molar-refractivity contribution in [1.29, 1.82) is 0 Å². The van der Waals surface area contributed by atoms with E-state index in [4.69, 9.17) is 0 Å². The predicted molar refractivity (Wildman–Crippen MR) is 53.0 cm³/mol. The van der Waals surface area contributed by atoms with Gasteiger partial charge >= 0.3 is 0 Å². The number of fused-ring (bicyclic) bond motifs is 1. The maximum atomic E-state index is 4.40. The number of hydrogen-bond donors (Lipinski definition) is 0. The lowest BCUT2D eigenvalue weighted by Crippen LogP contribution is -2.15. The second-order valence-electron chi connectivity index (χ2n) is 3.54. The van der Waals surface area contributed by atoms with Gasteiger partial charge in [-0.3, -0.25) is 4.68 Å². The molecule has 60 valence electrons. The van der Waals surface area contributed by atoms with Crippen molar-refractivity contribution in [3.63, 3.8) is 0 Å². The van der Waals surface area contributed by atoms with Gasteiger partial charge in [-0.25, -0.2) is 0 Å². The zero-order chi connectivity index (χ0) is 8.06. The summed E-state index contributed by atoms with van der Waals surface area (Å²) in [5.41, 5.74) is 2.73. The van der Waals surface area contributed by atoms with Crippen LogP contribution in [0.25, 0.3) is 0 Å². The Hall–Kier alpha value is -0.0600. The Morgan fingerprint density at radius 1 is 1.64 bits per heavy atom. The smallest absolute Gasteiger partial charge is 0.0670 e. The molecule has 0 saturated carbocycles. The third-order valence-electron chi connectivity index (χ3n) is 2.09. The molecular weight excluding hydrogens is 251 g/mol. The van der Waals surface area contributed by atoms with Crippen molar-refractivity contribution in [1.82, 2.24) is 9.78 Å². The number of aryl methyl sites for hydroxylation is 1. The minimum atomic E-state index is 0.420. The molecule has 0 aromatic carbocycles. The molecular formula is C8H11IN2. The normalized spacial score (nSPS) is 29.0. The Kier molecular flexibility index (Phi) is 1.53. The largest absolute Gasteiger partial charge is 0.275 e. The summed E-state index contributed by atoms with van der Waals surface area (Å²) in [6, 6.07) is 0. The van der Waals surface area contributed by atoms with Gasteiger partial charge in [-0.15, -0.1) is 0 Å². The Labute approximate surface area is 80.1 Å². The maximum Gasteiger partial charge on any atom is 0.0670 e. The van der Waals surface area contributed by atoms with Gasteiger partial charge in [-0.2, -0.15) is 5.10 Å². The molecule has 1 unspecified atom stereocenters. The lowest BCUT2D eigenvalue weighted by atomic mass is 10.1. The molecule has 0 amide bonds. The molecule has 0 N–H and O–H groups in total. The number of alkyl halides is 1. The van der Waals surface area contributed by atoms with Crippen LogP contribution in [0.3, 0.4) is 0 Å². The van der Waals surface area contributed by atoms with E-state index in [-0.39, 0.29) is 0 Å². The van der Waals surface area contributed by atoms with Gasteiger partial charge in [-0.05, 0) is 18.9 Å². The standard InChI is InChI=1S/C8H11IN2/c1-8(9)3-6-5-11(2)10-7(6)4-8/h5H,3-4H2,1-2H3. The number of hydrogen-bond acceptors (Lipinski definition) is 1. The molecule has 0 spiro atoms. The van der Waals surface area contributed by atoms with Crippen molar-refractivity contribution in [2.75, 3.05) is 0 Å². The van der Waals surface area contributed by atoms with E-state index in [0.717, 1.165) is 6.42 Å². The molecule has 0 saturated heterocycles. The van der Waals surface area contributed by atoms with Gasteiger partial charge in [0.1, 0.15) is 0 Å². The molecule has 1 aromatic heterocycles. The lowest BCUT2D eigenvalue weighted by Gasteiger charge is -2.12. The molecule has 1 aliphatic rings. The van der Waals surface area contributed by atoms with Crippen molar-refractivity contribution in [3.05, 3.63) is 17.5 Å². The fourth-order valence-electron chi connectivity index (χ4n) is 1.69. The number of aromatic nitrogens is 2. The summed E-state index contributed by atoms with van der Waals surface area (Å²) in [6.45, 7) is 2.29. The number of halogens is 1. The fraction of sp³-hybridized carbons (Fsp3) is 0.625. The molecule has 3 heteroatoms. The number of nitrogens with zero attached hydrogens (tertiary/aromatic N) is 2. The molecule has 0 radical (unpaired) electrons. The molecule has 2 nitrogen and oxygen atoms in total. The van der Waals surface area contributed by atoms with Crippen molar-refractivity contribution in [3.8, 4) is 0 Å². The first-order valence-electron chi connectivity index (χ1n) is 3.77. The van der Waals surface area contributed by atoms with E-state index in [2.05, 4.69) is 40.8 Å². The molecule has 0 fully saturated rings. The molecule has 11 heavy (non-hydrogen) atoms. The summed E-state index contributed by atoms with van der Waals surface area (Å²) in [5.74, 6) is 0. The lowest BCUT2D eigenvalue weighted by molar-refractivity contribution is 0.673. The highest BCUT2D eigenvalue weighted by Gasteiger charge is 2.32. The molecule has 1 aromatic rings. The summed E-state index contributed by atoms with van der Waals surface area (Å²) in [4.78, 5) is 0. The van der Waals surface area contributed by atoms with Crippen LogP contribution in [0.15, 0.2) is 6.20 Å². The van der Waals surface area contributed by atoms with E-state index in [1.165, 1.54) is 17.7 Å². The first kappa shape index (κ1) is 7.58. The average molecular weight is 262 g/mol. The van der Waals surface area contributed by atoms with E-state index in [1.54, 1.807) is 0 Å². The summed E-state index contributed by atoms with van der Waals surface area (Å²) in [6.07, 6.45) is 4.44. The van der Waals surface area contributed by atoms with Crippen LogP contribution in [0.1, 0.15) is 18.2 Å². The van der Waals surface area contributed by atoms with E-state index < -0.39 is 0 Å². The van der Waals surface area contributed by atoms with E-state index in [0.29, 0.717) is 3.42 Å². The van der Waals surface area contributed by atoms with Crippen molar-refractivity contribution >= 4 is 22.6 Å². The molecule has 0 bridgehead atoms. The highest BCUT2D eigenvalue weighted by molar-refractivity contribution is 14.1. The van der Waals surface area contributed by atoms with Gasteiger partial charge in [0.15, 0.2) is 0 Å². The van der Waals surface area contributed by atoms with Crippen molar-refractivity contribution in [2.45, 2.75) is 23.2 Å². The van der Waals surface area contributed by atoms with Crippen LogP contribution < -0.4 is 0 Å². The Bertz CT molecular complexity index is 263. The van der Waals surface area contributed by atoms with Gasteiger partial charge < -0.3 is 0 Å². The zero-order valence-corrected chi connectivity index (χ0v) is 8.92. The summed E-state index contributed by atoms with van der Waals surface area (Å²) in [5, 5.41) is 4.40. The SMILES string of the molecule is Cn1cc2c(n1)CC(C)(I)C2. The van der Waals surface area contributed by atoms with Gasteiger partial charge in [0.2, 0.25) is 0 Å². The van der Waals surface area contributed by atoms with E-state index >= 15 is 0 Å². The minimum absolute atomic E-state index is 0.420. The fourth-order valence-corrected chi connectivity index (χ4v) is 2.46.